The van der Waals surface area contributed by atoms with Crippen molar-refractivity contribution in [3.63, 3.8) is 0 Å². The first kappa shape index (κ1) is 13.6. The number of halogens is 2. The van der Waals surface area contributed by atoms with Gasteiger partial charge in [-0.05, 0) is 30.3 Å². The molecular weight excluding hydrogens is 291 g/mol. The molecule has 4 nitrogen and oxygen atoms in total. The average Bonchev–Trinajstić information content (AvgIpc) is 2.31. The first-order valence-electron chi connectivity index (χ1n) is 5.22. The number of nitrogens with one attached hydrogen (secondary N) is 1. The van der Waals surface area contributed by atoms with Crippen molar-refractivity contribution >= 4 is 33.0 Å². The lowest BCUT2D eigenvalue weighted by atomic mass is 10.3. The second kappa shape index (κ2) is 5.07. The average molecular weight is 301 g/mol. The van der Waals surface area contributed by atoms with E-state index in [4.69, 9.17) is 17.3 Å². The van der Waals surface area contributed by atoms with Crippen LogP contribution in [0.25, 0.3) is 0 Å². The van der Waals surface area contributed by atoms with E-state index in [1.54, 1.807) is 12.1 Å². The number of anilines is 2. The van der Waals surface area contributed by atoms with Gasteiger partial charge < -0.3 is 5.73 Å². The molecule has 0 fully saturated rings. The molecule has 0 aromatic heterocycles. The number of benzene rings is 2. The summed E-state index contributed by atoms with van der Waals surface area (Å²) in [7, 11) is -4.05. The van der Waals surface area contributed by atoms with Gasteiger partial charge in [-0.1, -0.05) is 23.7 Å². The van der Waals surface area contributed by atoms with Crippen LogP contribution in [0.15, 0.2) is 47.4 Å². The summed E-state index contributed by atoms with van der Waals surface area (Å²) in [5, 5.41) is 0.224. The first-order valence-corrected chi connectivity index (χ1v) is 7.08. The molecule has 0 spiro atoms. The molecule has 0 heterocycles. The van der Waals surface area contributed by atoms with E-state index in [1.165, 1.54) is 18.2 Å². The van der Waals surface area contributed by atoms with Gasteiger partial charge in [0.1, 0.15) is 10.7 Å². The van der Waals surface area contributed by atoms with Gasteiger partial charge in [-0.3, -0.25) is 4.72 Å². The third-order valence-corrected chi connectivity index (χ3v) is 4.09. The van der Waals surface area contributed by atoms with Crippen LogP contribution in [0.1, 0.15) is 0 Å². The maximum absolute atomic E-state index is 13.6. The van der Waals surface area contributed by atoms with Crippen LogP contribution >= 0.6 is 11.6 Å². The van der Waals surface area contributed by atoms with Gasteiger partial charge in [0.05, 0.1) is 10.7 Å². The molecule has 0 aliphatic rings. The van der Waals surface area contributed by atoms with Crippen molar-refractivity contribution in [2.75, 3.05) is 10.5 Å². The minimum atomic E-state index is -4.05. The number of hydrogen-bond donors (Lipinski definition) is 2. The van der Waals surface area contributed by atoms with Crippen molar-refractivity contribution in [3.05, 3.63) is 53.3 Å². The Morgan fingerprint density at radius 1 is 1.16 bits per heavy atom. The third-order valence-electron chi connectivity index (χ3n) is 2.36. The zero-order valence-electron chi connectivity index (χ0n) is 9.60. The molecule has 0 atom stereocenters. The monoisotopic (exact) mass is 300 g/mol. The molecule has 19 heavy (non-hydrogen) atoms. The first-order chi connectivity index (χ1) is 8.90. The predicted molar refractivity (Wildman–Crippen MR) is 73.1 cm³/mol. The van der Waals surface area contributed by atoms with Crippen molar-refractivity contribution in [3.8, 4) is 0 Å². The van der Waals surface area contributed by atoms with Crippen LogP contribution in [0.2, 0.25) is 5.02 Å². The lowest BCUT2D eigenvalue weighted by molar-refractivity contribution is 0.571. The molecule has 0 aliphatic heterocycles. The number of hydrogen-bond acceptors (Lipinski definition) is 3. The van der Waals surface area contributed by atoms with Crippen molar-refractivity contribution in [1.82, 2.24) is 0 Å². The molecule has 0 radical (unpaired) electrons. The normalized spacial score (nSPS) is 11.3. The fourth-order valence-corrected chi connectivity index (χ4v) is 2.86. The highest BCUT2D eigenvalue weighted by atomic mass is 35.5. The molecule has 2 aromatic rings. The van der Waals surface area contributed by atoms with Gasteiger partial charge in [-0.15, -0.1) is 0 Å². The van der Waals surface area contributed by atoms with E-state index >= 15 is 0 Å². The van der Waals surface area contributed by atoms with E-state index < -0.39 is 20.7 Å². The lowest BCUT2D eigenvalue weighted by Gasteiger charge is -2.10. The summed E-state index contributed by atoms with van der Waals surface area (Å²) < 4.78 is 39.9. The summed E-state index contributed by atoms with van der Waals surface area (Å²) in [6.45, 7) is 0. The van der Waals surface area contributed by atoms with E-state index in [1.807, 2.05) is 0 Å². The summed E-state index contributed by atoms with van der Waals surface area (Å²) in [4.78, 5) is -0.485. The van der Waals surface area contributed by atoms with Gasteiger partial charge in [-0.25, -0.2) is 12.8 Å². The number of nitrogen functional groups attached to an aromatic ring is 1. The van der Waals surface area contributed by atoms with Crippen LogP contribution < -0.4 is 10.5 Å². The lowest BCUT2D eigenvalue weighted by Crippen LogP contribution is -2.15. The molecule has 0 amide bonds. The number of para-hydroxylation sites is 1. The molecule has 2 aromatic carbocycles. The molecule has 2 rings (SSSR count). The summed E-state index contributed by atoms with van der Waals surface area (Å²) in [6.07, 6.45) is 0. The quantitative estimate of drug-likeness (QED) is 0.856. The van der Waals surface area contributed by atoms with Gasteiger partial charge >= 0.3 is 0 Å². The molecule has 0 aliphatic carbocycles. The van der Waals surface area contributed by atoms with Gasteiger partial charge in [0.15, 0.2) is 0 Å². The van der Waals surface area contributed by atoms with Crippen LogP contribution in [0.3, 0.4) is 0 Å². The van der Waals surface area contributed by atoms with Gasteiger partial charge in [0, 0.05) is 5.69 Å². The summed E-state index contributed by atoms with van der Waals surface area (Å²) in [5.74, 6) is -0.917. The molecule has 3 N–H and O–H groups in total. The highest BCUT2D eigenvalue weighted by molar-refractivity contribution is 7.92. The highest BCUT2D eigenvalue weighted by Gasteiger charge is 2.20. The van der Waals surface area contributed by atoms with E-state index in [0.717, 1.165) is 12.1 Å². The Bertz CT molecular complexity index is 719. The van der Waals surface area contributed by atoms with Gasteiger partial charge in [0.25, 0.3) is 10.0 Å². The van der Waals surface area contributed by atoms with E-state index in [2.05, 4.69) is 4.72 Å². The van der Waals surface area contributed by atoms with E-state index in [-0.39, 0.29) is 16.4 Å². The summed E-state index contributed by atoms with van der Waals surface area (Å²) in [6, 6.07) is 9.64. The Kier molecular flexibility index (Phi) is 3.64. The third kappa shape index (κ3) is 2.97. The number of rotatable bonds is 3. The zero-order chi connectivity index (χ0) is 14.0. The Morgan fingerprint density at radius 2 is 1.84 bits per heavy atom. The molecule has 0 bridgehead atoms. The Balaban J connectivity index is 2.41. The van der Waals surface area contributed by atoms with E-state index in [9.17, 15) is 12.8 Å². The maximum atomic E-state index is 13.6. The zero-order valence-corrected chi connectivity index (χ0v) is 11.2. The highest BCUT2D eigenvalue weighted by Crippen LogP contribution is 2.25. The van der Waals surface area contributed by atoms with Crippen molar-refractivity contribution < 1.29 is 12.8 Å². The van der Waals surface area contributed by atoms with Gasteiger partial charge in [-0.2, -0.15) is 0 Å². The molecule has 0 saturated heterocycles. The smallest absolute Gasteiger partial charge is 0.264 e. The largest absolute Gasteiger partial charge is 0.399 e. The molecule has 0 unspecified atom stereocenters. The van der Waals surface area contributed by atoms with Crippen molar-refractivity contribution in [2.24, 2.45) is 0 Å². The molecule has 100 valence electrons. The summed E-state index contributed by atoms with van der Waals surface area (Å²) >= 11 is 5.84. The predicted octanol–water partition coefficient (Wildman–Crippen LogP) is 2.86. The van der Waals surface area contributed by atoms with Crippen LogP contribution in [0.4, 0.5) is 15.8 Å². The topological polar surface area (TPSA) is 72.2 Å². The van der Waals surface area contributed by atoms with Crippen molar-refractivity contribution in [2.45, 2.75) is 4.90 Å². The Hall–Kier alpha value is -1.79. The molecule has 7 heteroatoms. The summed E-state index contributed by atoms with van der Waals surface area (Å²) in [5.41, 5.74) is 5.70. The standard InChI is InChI=1S/C12H10ClFN2O2S/c13-9-3-1-2-4-11(9)16-19(17,18)12-6-5-8(15)7-10(12)14/h1-7,16H,15H2. The van der Waals surface area contributed by atoms with Crippen LogP contribution in [0, 0.1) is 5.82 Å². The Morgan fingerprint density at radius 3 is 2.47 bits per heavy atom. The second-order valence-electron chi connectivity index (χ2n) is 3.78. The fourth-order valence-electron chi connectivity index (χ4n) is 1.48. The molecular formula is C12H10ClFN2O2S. The van der Waals surface area contributed by atoms with Gasteiger partial charge in [0.2, 0.25) is 0 Å². The Labute approximate surface area is 115 Å². The maximum Gasteiger partial charge on any atom is 0.264 e. The van der Waals surface area contributed by atoms with E-state index in [0.29, 0.717) is 0 Å². The van der Waals surface area contributed by atoms with Crippen molar-refractivity contribution in [1.29, 1.82) is 0 Å². The SMILES string of the molecule is Nc1ccc(S(=O)(=O)Nc2ccccc2Cl)c(F)c1. The second-order valence-corrected chi connectivity index (χ2v) is 5.83. The molecule has 0 saturated carbocycles. The fraction of sp³-hybridized carbons (Fsp3) is 0. The number of nitrogens with two attached hydrogens (primary N) is 1. The van der Waals surface area contributed by atoms with Crippen LogP contribution in [0.5, 0.6) is 0 Å². The minimum absolute atomic E-state index is 0.147. The van der Waals surface area contributed by atoms with Crippen LogP contribution in [-0.4, -0.2) is 8.42 Å². The minimum Gasteiger partial charge on any atom is -0.399 e. The van der Waals surface area contributed by atoms with Crippen LogP contribution in [-0.2, 0) is 10.0 Å². The number of sulfonamides is 1.